The van der Waals surface area contributed by atoms with Crippen LogP contribution in [0.4, 0.5) is 0 Å². The third-order valence-corrected chi connectivity index (χ3v) is 7.12. The van der Waals surface area contributed by atoms with Crippen LogP contribution in [0.2, 0.25) is 5.02 Å². The van der Waals surface area contributed by atoms with Crippen LogP contribution in [0.1, 0.15) is 24.1 Å². The highest BCUT2D eigenvalue weighted by atomic mass is 35.5. The largest absolute Gasteiger partial charge is 0.466 e. The fraction of sp³-hybridized carbons (Fsp3) is 0.174. The highest BCUT2D eigenvalue weighted by Crippen LogP contribution is 2.31. The Morgan fingerprint density at radius 2 is 1.94 bits per heavy atom. The van der Waals surface area contributed by atoms with Gasteiger partial charge in [0.2, 0.25) is 0 Å². The molecule has 2 aromatic carbocycles. The third kappa shape index (κ3) is 4.01. The number of hydrogen-bond acceptors (Lipinski definition) is 6. The normalized spacial score (nSPS) is 16.1. The van der Waals surface area contributed by atoms with Gasteiger partial charge in [-0.25, -0.2) is 9.79 Å². The summed E-state index contributed by atoms with van der Waals surface area (Å²) in [6.07, 6.45) is 3.76. The molecule has 0 aliphatic carbocycles. The van der Waals surface area contributed by atoms with Crippen molar-refractivity contribution in [2.24, 2.45) is 4.99 Å². The molecule has 1 aliphatic heterocycles. The Morgan fingerprint density at radius 3 is 2.58 bits per heavy atom. The Morgan fingerprint density at radius 1 is 1.23 bits per heavy atom. The van der Waals surface area contributed by atoms with Gasteiger partial charge in [0.05, 0.1) is 29.0 Å². The highest BCUT2D eigenvalue weighted by Gasteiger charge is 2.33. The number of carbonyl (C=O) groups excluding carboxylic acids is 1. The van der Waals surface area contributed by atoms with Crippen LogP contribution in [-0.4, -0.2) is 23.9 Å². The van der Waals surface area contributed by atoms with Gasteiger partial charge in [-0.05, 0) is 48.6 Å². The summed E-state index contributed by atoms with van der Waals surface area (Å²) < 4.78 is 7.10. The van der Waals surface area contributed by atoms with Gasteiger partial charge in [0.1, 0.15) is 0 Å². The predicted molar refractivity (Wildman–Crippen MR) is 125 cm³/mol. The standard InChI is InChI=1S/C23H19ClN2O3S2/c1-13-19(22(28)29-2)20(14-8-10-16(30-3)11-9-14)26-21(27)18(31-23(26)25-13)12-15-6-4-5-7-17(15)24/h4-12,20H,1-3H3/b18-12+/t20-/m0/s1. The highest BCUT2D eigenvalue weighted by molar-refractivity contribution is 7.98. The van der Waals surface area contributed by atoms with E-state index in [1.165, 1.54) is 18.4 Å². The van der Waals surface area contributed by atoms with Gasteiger partial charge < -0.3 is 4.74 Å². The maximum atomic E-state index is 13.5. The van der Waals surface area contributed by atoms with Crippen LogP contribution in [0.15, 0.2) is 74.5 Å². The maximum Gasteiger partial charge on any atom is 0.338 e. The number of carbonyl (C=O) groups is 1. The number of hydrogen-bond donors (Lipinski definition) is 0. The molecule has 0 saturated carbocycles. The number of ether oxygens (including phenoxy) is 1. The van der Waals surface area contributed by atoms with E-state index in [0.29, 0.717) is 25.6 Å². The molecule has 0 bridgehead atoms. The molecule has 5 nitrogen and oxygen atoms in total. The number of thioether (sulfide) groups is 1. The Bertz CT molecular complexity index is 1370. The van der Waals surface area contributed by atoms with Crippen LogP contribution in [0.3, 0.4) is 0 Å². The lowest BCUT2D eigenvalue weighted by Gasteiger charge is -2.24. The lowest BCUT2D eigenvalue weighted by Crippen LogP contribution is -2.39. The lowest BCUT2D eigenvalue weighted by atomic mass is 9.96. The Balaban J connectivity index is 1.97. The summed E-state index contributed by atoms with van der Waals surface area (Å²) in [5.41, 5.74) is 2.24. The van der Waals surface area contributed by atoms with Crippen molar-refractivity contribution >= 4 is 46.7 Å². The summed E-state index contributed by atoms with van der Waals surface area (Å²) in [6, 6.07) is 14.5. The van der Waals surface area contributed by atoms with Crippen LogP contribution in [0.5, 0.6) is 0 Å². The first-order valence-corrected chi connectivity index (χ1v) is 11.9. The van der Waals surface area contributed by atoms with Crippen LogP contribution < -0.4 is 14.9 Å². The number of halogens is 1. The van der Waals surface area contributed by atoms with E-state index in [4.69, 9.17) is 16.3 Å². The number of thiazole rings is 1. The summed E-state index contributed by atoms with van der Waals surface area (Å²) >= 11 is 9.18. The van der Waals surface area contributed by atoms with Gasteiger partial charge in [-0.1, -0.05) is 53.3 Å². The lowest BCUT2D eigenvalue weighted by molar-refractivity contribution is -0.136. The maximum absolute atomic E-state index is 13.5. The average molecular weight is 471 g/mol. The minimum Gasteiger partial charge on any atom is -0.466 e. The Hall–Kier alpha value is -2.61. The predicted octanol–water partition coefficient (Wildman–Crippen LogP) is 3.78. The fourth-order valence-corrected chi connectivity index (χ4v) is 5.16. The molecular weight excluding hydrogens is 452 g/mol. The monoisotopic (exact) mass is 470 g/mol. The second-order valence-electron chi connectivity index (χ2n) is 6.87. The summed E-state index contributed by atoms with van der Waals surface area (Å²) in [4.78, 5) is 32.3. The van der Waals surface area contributed by atoms with Gasteiger partial charge in [-0.3, -0.25) is 9.36 Å². The molecule has 158 valence electrons. The van der Waals surface area contributed by atoms with Gasteiger partial charge >= 0.3 is 5.97 Å². The number of aromatic nitrogens is 1. The second kappa shape index (κ2) is 8.86. The first-order chi connectivity index (χ1) is 14.9. The molecule has 2 heterocycles. The molecule has 8 heteroatoms. The van der Waals surface area contributed by atoms with E-state index in [1.807, 2.05) is 48.7 Å². The van der Waals surface area contributed by atoms with Gasteiger partial charge in [0.15, 0.2) is 4.80 Å². The number of methoxy groups -OCH3 is 1. The first kappa shape index (κ1) is 21.6. The molecule has 4 rings (SSSR count). The van der Waals surface area contributed by atoms with Crippen molar-refractivity contribution in [3.8, 4) is 0 Å². The minimum atomic E-state index is -0.618. The first-order valence-electron chi connectivity index (χ1n) is 9.44. The van der Waals surface area contributed by atoms with E-state index in [1.54, 1.807) is 35.4 Å². The van der Waals surface area contributed by atoms with E-state index >= 15 is 0 Å². The summed E-state index contributed by atoms with van der Waals surface area (Å²) in [7, 11) is 1.33. The number of nitrogens with zero attached hydrogens (tertiary/aromatic N) is 2. The number of esters is 1. The van der Waals surface area contributed by atoms with Crippen LogP contribution >= 0.6 is 34.7 Å². The molecule has 31 heavy (non-hydrogen) atoms. The van der Waals surface area contributed by atoms with Crippen molar-refractivity contribution in [1.29, 1.82) is 0 Å². The summed E-state index contributed by atoms with van der Waals surface area (Å²) in [5.74, 6) is -0.499. The molecule has 1 atom stereocenters. The zero-order valence-electron chi connectivity index (χ0n) is 17.1. The van der Waals surface area contributed by atoms with Crippen molar-refractivity contribution in [3.05, 3.63) is 95.6 Å². The molecule has 0 spiro atoms. The van der Waals surface area contributed by atoms with E-state index < -0.39 is 12.0 Å². The van der Waals surface area contributed by atoms with Crippen LogP contribution in [0.25, 0.3) is 6.08 Å². The van der Waals surface area contributed by atoms with Crippen molar-refractivity contribution in [3.63, 3.8) is 0 Å². The molecular formula is C23H19ClN2O3S2. The van der Waals surface area contributed by atoms with Gasteiger partial charge in [0.25, 0.3) is 5.56 Å². The quantitative estimate of drug-likeness (QED) is 0.430. The number of benzene rings is 2. The van der Waals surface area contributed by atoms with E-state index in [2.05, 4.69) is 4.99 Å². The zero-order valence-corrected chi connectivity index (χ0v) is 19.5. The topological polar surface area (TPSA) is 60.7 Å². The Labute approximate surface area is 192 Å². The molecule has 3 aromatic rings. The summed E-state index contributed by atoms with van der Waals surface area (Å²) in [5, 5.41) is 0.559. The second-order valence-corrected chi connectivity index (χ2v) is 9.16. The van der Waals surface area contributed by atoms with E-state index in [0.717, 1.165) is 16.0 Å². The van der Waals surface area contributed by atoms with Gasteiger partial charge in [-0.2, -0.15) is 0 Å². The molecule has 0 fully saturated rings. The van der Waals surface area contributed by atoms with Crippen molar-refractivity contribution in [2.45, 2.75) is 17.9 Å². The van der Waals surface area contributed by atoms with Crippen molar-refractivity contribution in [1.82, 2.24) is 4.57 Å². The SMILES string of the molecule is COC(=O)C1=C(C)N=c2s/c(=C/c3ccccc3Cl)c(=O)n2[C@H]1c1ccc(SC)cc1. The molecule has 0 unspecified atom stereocenters. The molecule has 1 aliphatic rings. The van der Waals surface area contributed by atoms with Gasteiger partial charge in [0, 0.05) is 9.92 Å². The van der Waals surface area contributed by atoms with Crippen molar-refractivity contribution in [2.75, 3.05) is 13.4 Å². The van der Waals surface area contributed by atoms with Crippen molar-refractivity contribution < 1.29 is 9.53 Å². The number of fused-ring (bicyclic) bond motifs is 1. The smallest absolute Gasteiger partial charge is 0.338 e. The molecule has 0 radical (unpaired) electrons. The number of rotatable bonds is 4. The van der Waals surface area contributed by atoms with Crippen LogP contribution in [0, 0.1) is 0 Å². The van der Waals surface area contributed by atoms with Crippen LogP contribution in [-0.2, 0) is 9.53 Å². The fourth-order valence-electron chi connectivity index (χ4n) is 3.53. The molecule has 0 N–H and O–H groups in total. The Kier molecular flexibility index (Phi) is 6.18. The molecule has 0 amide bonds. The average Bonchev–Trinajstić information content (AvgIpc) is 3.08. The summed E-state index contributed by atoms with van der Waals surface area (Å²) in [6.45, 7) is 1.76. The van der Waals surface area contributed by atoms with Gasteiger partial charge in [-0.15, -0.1) is 11.8 Å². The third-order valence-electron chi connectivity index (χ3n) is 5.05. The molecule has 0 saturated heterocycles. The van der Waals surface area contributed by atoms with E-state index in [-0.39, 0.29) is 5.56 Å². The zero-order chi connectivity index (χ0) is 22.1. The van der Waals surface area contributed by atoms with E-state index in [9.17, 15) is 9.59 Å². The molecule has 1 aromatic heterocycles. The number of allylic oxidation sites excluding steroid dienone is 1. The minimum absolute atomic E-state index is 0.225.